The summed E-state index contributed by atoms with van der Waals surface area (Å²) < 4.78 is 5.48. The van der Waals surface area contributed by atoms with Gasteiger partial charge in [0.25, 0.3) is 0 Å². The molecule has 0 fully saturated rings. The molecule has 0 bridgehead atoms. The van der Waals surface area contributed by atoms with E-state index in [2.05, 4.69) is 219 Å². The van der Waals surface area contributed by atoms with Gasteiger partial charge >= 0.3 is 6.85 Å². The van der Waals surface area contributed by atoms with E-state index in [1.54, 1.807) is 0 Å². The van der Waals surface area contributed by atoms with Gasteiger partial charge in [0, 0.05) is 64.4 Å². The van der Waals surface area contributed by atoms with Crippen molar-refractivity contribution in [2.75, 3.05) is 4.81 Å². The molecule has 8 aromatic carbocycles. The molecule has 70 heavy (non-hydrogen) atoms. The Morgan fingerprint density at radius 1 is 0.471 bits per heavy atom. The number of fused-ring (bicyclic) bond motifs is 18. The Kier molecular flexibility index (Phi) is 7.66. The fourth-order valence-corrected chi connectivity index (χ4v) is 15.7. The Morgan fingerprint density at radius 2 is 1.06 bits per heavy atom. The first-order valence-corrected chi connectivity index (χ1v) is 26.6. The van der Waals surface area contributed by atoms with Crippen LogP contribution in [0.15, 0.2) is 133 Å². The van der Waals surface area contributed by atoms with Crippen LogP contribution in [0.3, 0.4) is 0 Å². The number of thiophene rings is 1. The second-order valence-electron chi connectivity index (χ2n) is 25.2. The third kappa shape index (κ3) is 5.06. The van der Waals surface area contributed by atoms with Gasteiger partial charge in [-0.25, -0.2) is 0 Å². The monoisotopic (exact) mass is 922 g/mol. The molecule has 0 radical (unpaired) electrons. The molecule has 2 nitrogen and oxygen atoms in total. The number of aromatic nitrogens is 1. The lowest BCUT2D eigenvalue weighted by molar-refractivity contribution is 0.332. The van der Waals surface area contributed by atoms with E-state index in [1.165, 1.54) is 155 Å². The predicted molar refractivity (Wildman–Crippen MR) is 302 cm³/mol. The normalized spacial score (nSPS) is 17.9. The molecule has 2 aromatic heterocycles. The first-order chi connectivity index (χ1) is 33.3. The van der Waals surface area contributed by atoms with Gasteiger partial charge in [-0.2, -0.15) is 0 Å². The van der Waals surface area contributed by atoms with Crippen molar-refractivity contribution in [1.29, 1.82) is 0 Å². The summed E-state index contributed by atoms with van der Waals surface area (Å²) in [6.45, 7) is 26.5. The van der Waals surface area contributed by atoms with E-state index in [9.17, 15) is 0 Å². The van der Waals surface area contributed by atoms with E-state index < -0.39 is 0 Å². The molecular formula is C66H59BN2S. The molecule has 0 unspecified atom stereocenters. The molecule has 5 aliphatic rings. The van der Waals surface area contributed by atoms with Crippen molar-refractivity contribution in [1.82, 2.24) is 4.57 Å². The van der Waals surface area contributed by atoms with E-state index in [1.807, 2.05) is 11.3 Å². The van der Waals surface area contributed by atoms with Gasteiger partial charge in [0.1, 0.15) is 0 Å². The topological polar surface area (TPSA) is 8.17 Å². The Labute approximate surface area is 417 Å². The molecule has 0 amide bonds. The van der Waals surface area contributed by atoms with Crippen LogP contribution < -0.4 is 15.7 Å². The van der Waals surface area contributed by atoms with Crippen LogP contribution in [0.4, 0.5) is 11.4 Å². The minimum absolute atomic E-state index is 0.0365. The highest BCUT2D eigenvalue weighted by atomic mass is 32.1. The summed E-state index contributed by atoms with van der Waals surface area (Å²) >= 11 is 1.99. The fraction of sp³-hybridized carbons (Fsp3) is 0.273. The largest absolute Gasteiger partial charge is 0.376 e. The van der Waals surface area contributed by atoms with Crippen molar-refractivity contribution in [3.8, 4) is 39.1 Å². The summed E-state index contributed by atoms with van der Waals surface area (Å²) in [7, 11) is 0. The minimum atomic E-state index is -0.147. The summed E-state index contributed by atoms with van der Waals surface area (Å²) in [6.07, 6.45) is 2.42. The molecule has 342 valence electrons. The molecular weight excluding hydrogens is 864 g/mol. The first kappa shape index (κ1) is 41.4. The molecule has 0 atom stereocenters. The predicted octanol–water partition coefficient (Wildman–Crippen LogP) is 16.6. The van der Waals surface area contributed by atoms with Crippen molar-refractivity contribution in [2.24, 2.45) is 0 Å². The summed E-state index contributed by atoms with van der Waals surface area (Å²) in [5.74, 6) is 0. The lowest BCUT2D eigenvalue weighted by atomic mass is 9.43. The van der Waals surface area contributed by atoms with E-state index in [4.69, 9.17) is 0 Å². The number of nitrogens with zero attached hydrogens (tertiary/aromatic N) is 2. The van der Waals surface area contributed by atoms with E-state index in [-0.39, 0.29) is 33.9 Å². The lowest BCUT2D eigenvalue weighted by Crippen LogP contribution is -2.60. The highest BCUT2D eigenvalue weighted by Crippen LogP contribution is 2.56. The Balaban J connectivity index is 1.09. The number of rotatable bonds is 1. The van der Waals surface area contributed by atoms with Gasteiger partial charge in [-0.05, 0) is 161 Å². The van der Waals surface area contributed by atoms with Crippen molar-refractivity contribution < 1.29 is 0 Å². The maximum Gasteiger partial charge on any atom is 0.333 e. The quantitative estimate of drug-likeness (QED) is 0.149. The average molecular weight is 923 g/mol. The molecule has 0 saturated carbocycles. The highest BCUT2D eigenvalue weighted by molar-refractivity contribution is 7.25. The number of anilines is 2. The second kappa shape index (κ2) is 12.9. The summed E-state index contributed by atoms with van der Waals surface area (Å²) in [6, 6.07) is 53.7. The van der Waals surface area contributed by atoms with Gasteiger partial charge in [0.15, 0.2) is 0 Å². The molecule has 15 rings (SSSR count). The average Bonchev–Trinajstić information content (AvgIpc) is 4.00. The second-order valence-corrected chi connectivity index (χ2v) is 26.3. The van der Waals surface area contributed by atoms with Crippen molar-refractivity contribution in [3.63, 3.8) is 0 Å². The van der Waals surface area contributed by atoms with Crippen LogP contribution in [0.25, 0.3) is 81.0 Å². The lowest BCUT2D eigenvalue weighted by Gasteiger charge is -2.42. The summed E-state index contributed by atoms with van der Waals surface area (Å²) in [4.78, 5) is 2.76. The van der Waals surface area contributed by atoms with Gasteiger partial charge in [-0.15, -0.1) is 11.3 Å². The number of benzene rings is 8. The fourth-order valence-electron chi connectivity index (χ4n) is 14.5. The zero-order valence-corrected chi connectivity index (χ0v) is 43.3. The first-order valence-electron chi connectivity index (χ1n) is 25.8. The maximum atomic E-state index is 2.76. The Bertz CT molecular complexity index is 4050. The standard InChI is InChI=1S/C66H59BN2S/c1-62(2,3)36-20-22-37(23-21-36)69-56-32-47-46-29-52-53(64(6,7)27-26-63(52,4)5)35-59(46)70-58(47)33-45(56)40-24-25-41-44-28-50-43(39-17-13-15-19-49(39)65(50,8)9)31-55(44)68-57-34-51-42(30-54(57)67(69)60(40)61(41)68)38-16-12-14-18-48(38)66(51,10)11/h12-25,28-35H,26-27H2,1-11H3. The molecule has 10 aromatic rings. The molecule has 0 N–H and O–H groups in total. The SMILES string of the molecule is CC(C)(C)c1ccc(N2B3c4cc5c(cc4-n4c6cc7c(cc6c6ccc(c3c64)-c3cc4sc6cc8c(cc6c4cc32)C(C)(C)CCC8(C)C)C(C)(C)c2ccccc2-7)C(C)(C)c2ccccc2-5)cc1. The van der Waals surface area contributed by atoms with E-state index >= 15 is 0 Å². The van der Waals surface area contributed by atoms with Crippen LogP contribution in [-0.2, 0) is 27.1 Å². The highest BCUT2D eigenvalue weighted by Gasteiger charge is 2.47. The van der Waals surface area contributed by atoms with Gasteiger partial charge in [0.2, 0.25) is 0 Å². The van der Waals surface area contributed by atoms with Crippen LogP contribution in [-0.4, -0.2) is 11.4 Å². The van der Waals surface area contributed by atoms with Crippen LogP contribution in [0.2, 0.25) is 0 Å². The van der Waals surface area contributed by atoms with E-state index in [0.717, 1.165) is 0 Å². The number of hydrogen-bond donors (Lipinski definition) is 0. The maximum absolute atomic E-state index is 2.76. The molecule has 3 aliphatic carbocycles. The van der Waals surface area contributed by atoms with E-state index in [0.29, 0.717) is 0 Å². The summed E-state index contributed by atoms with van der Waals surface area (Å²) in [5, 5.41) is 5.45. The molecule has 4 heterocycles. The Morgan fingerprint density at radius 3 is 1.73 bits per heavy atom. The zero-order chi connectivity index (χ0) is 47.9. The van der Waals surface area contributed by atoms with Gasteiger partial charge in [0.05, 0.1) is 11.0 Å². The smallest absolute Gasteiger partial charge is 0.333 e. The van der Waals surface area contributed by atoms with Crippen molar-refractivity contribution in [2.45, 2.75) is 116 Å². The third-order valence-corrected chi connectivity index (χ3v) is 19.7. The van der Waals surface area contributed by atoms with Crippen LogP contribution in [0, 0.1) is 0 Å². The molecule has 4 heteroatoms. The van der Waals surface area contributed by atoms with Crippen molar-refractivity contribution in [3.05, 3.63) is 172 Å². The van der Waals surface area contributed by atoms with Gasteiger partial charge in [-0.1, -0.05) is 155 Å². The van der Waals surface area contributed by atoms with Crippen LogP contribution in [0.5, 0.6) is 0 Å². The molecule has 0 saturated heterocycles. The van der Waals surface area contributed by atoms with Crippen LogP contribution >= 0.6 is 11.3 Å². The molecule has 0 spiro atoms. The van der Waals surface area contributed by atoms with Crippen LogP contribution in [0.1, 0.15) is 128 Å². The third-order valence-electron chi connectivity index (χ3n) is 18.6. The number of hydrogen-bond acceptors (Lipinski definition) is 2. The summed E-state index contributed by atoms with van der Waals surface area (Å²) in [5.41, 5.74) is 27.5. The van der Waals surface area contributed by atoms with Crippen molar-refractivity contribution >= 4 is 82.5 Å². The van der Waals surface area contributed by atoms with Gasteiger partial charge < -0.3 is 9.38 Å². The zero-order valence-electron chi connectivity index (χ0n) is 42.5. The minimum Gasteiger partial charge on any atom is -0.376 e. The molecule has 2 aliphatic heterocycles. The Hall–Kier alpha value is -6.36. The van der Waals surface area contributed by atoms with Gasteiger partial charge in [-0.3, -0.25) is 0 Å².